The van der Waals surface area contributed by atoms with Crippen LogP contribution in [0.5, 0.6) is 0 Å². The number of benzene rings is 2. The molecular formula is C21H24N4. The minimum absolute atomic E-state index is 0.640. The molecule has 25 heavy (non-hydrogen) atoms. The number of hydrogen-bond acceptors (Lipinski definition) is 4. The Morgan fingerprint density at radius 1 is 0.880 bits per heavy atom. The summed E-state index contributed by atoms with van der Waals surface area (Å²) >= 11 is 0. The molecule has 1 aromatic heterocycles. The Kier molecular flexibility index (Phi) is 5.62. The second-order valence-corrected chi connectivity index (χ2v) is 6.10. The first-order valence-electron chi connectivity index (χ1n) is 8.72. The number of anilines is 2. The molecule has 0 unspecified atom stereocenters. The van der Waals surface area contributed by atoms with Gasteiger partial charge in [-0.1, -0.05) is 67.1 Å². The third-order valence-corrected chi connectivity index (χ3v) is 3.88. The zero-order chi connectivity index (χ0) is 17.5. The first kappa shape index (κ1) is 17.0. The molecule has 4 nitrogen and oxygen atoms in total. The first-order valence-corrected chi connectivity index (χ1v) is 8.72. The maximum atomic E-state index is 4.69. The van der Waals surface area contributed by atoms with Gasteiger partial charge in [0.2, 0.25) is 5.95 Å². The normalized spacial score (nSPS) is 10.5. The highest BCUT2D eigenvalue weighted by molar-refractivity contribution is 5.64. The van der Waals surface area contributed by atoms with Crippen molar-refractivity contribution >= 4 is 11.8 Å². The van der Waals surface area contributed by atoms with Gasteiger partial charge in [-0.3, -0.25) is 0 Å². The summed E-state index contributed by atoms with van der Waals surface area (Å²) < 4.78 is 0. The molecule has 0 amide bonds. The van der Waals surface area contributed by atoms with E-state index in [9.17, 15) is 0 Å². The van der Waals surface area contributed by atoms with Crippen molar-refractivity contribution < 1.29 is 0 Å². The van der Waals surface area contributed by atoms with Gasteiger partial charge in [-0.15, -0.1) is 0 Å². The SMILES string of the molecule is CCCNc1cc(-c2ccccc2)nc(NCc2cccc(C)c2)n1. The molecule has 4 heteroatoms. The molecule has 0 bridgehead atoms. The molecule has 128 valence electrons. The van der Waals surface area contributed by atoms with Crippen molar-refractivity contribution in [3.05, 3.63) is 71.8 Å². The Hall–Kier alpha value is -2.88. The molecule has 0 spiro atoms. The summed E-state index contributed by atoms with van der Waals surface area (Å²) in [6, 6.07) is 20.6. The second kappa shape index (κ2) is 8.29. The summed E-state index contributed by atoms with van der Waals surface area (Å²) in [6.07, 6.45) is 1.05. The lowest BCUT2D eigenvalue weighted by molar-refractivity contribution is 0.962. The molecule has 0 saturated carbocycles. The van der Waals surface area contributed by atoms with Gasteiger partial charge in [-0.05, 0) is 18.9 Å². The highest BCUT2D eigenvalue weighted by Gasteiger charge is 2.06. The second-order valence-electron chi connectivity index (χ2n) is 6.10. The Bertz CT molecular complexity index is 815. The molecule has 0 atom stereocenters. The summed E-state index contributed by atoms with van der Waals surface area (Å²) in [5, 5.41) is 6.71. The Morgan fingerprint density at radius 2 is 1.72 bits per heavy atom. The van der Waals surface area contributed by atoms with Gasteiger partial charge >= 0.3 is 0 Å². The van der Waals surface area contributed by atoms with E-state index in [2.05, 4.69) is 70.8 Å². The lowest BCUT2D eigenvalue weighted by Gasteiger charge is -2.11. The Balaban J connectivity index is 1.84. The van der Waals surface area contributed by atoms with Crippen molar-refractivity contribution in [1.29, 1.82) is 0 Å². The van der Waals surface area contributed by atoms with Crippen molar-refractivity contribution in [2.75, 3.05) is 17.2 Å². The van der Waals surface area contributed by atoms with Gasteiger partial charge < -0.3 is 10.6 Å². The molecule has 1 heterocycles. The van der Waals surface area contributed by atoms with Crippen LogP contribution in [0.1, 0.15) is 24.5 Å². The fourth-order valence-corrected chi connectivity index (χ4v) is 2.63. The minimum atomic E-state index is 0.640. The topological polar surface area (TPSA) is 49.8 Å². The minimum Gasteiger partial charge on any atom is -0.370 e. The molecule has 2 N–H and O–H groups in total. The number of aryl methyl sites for hydroxylation is 1. The fraction of sp³-hybridized carbons (Fsp3) is 0.238. The fourth-order valence-electron chi connectivity index (χ4n) is 2.63. The predicted octanol–water partition coefficient (Wildman–Crippen LogP) is 4.89. The van der Waals surface area contributed by atoms with Crippen molar-refractivity contribution in [2.24, 2.45) is 0 Å². The average Bonchev–Trinajstić information content (AvgIpc) is 2.65. The summed E-state index contributed by atoms with van der Waals surface area (Å²) in [5.41, 5.74) is 4.48. The monoisotopic (exact) mass is 332 g/mol. The molecular weight excluding hydrogens is 308 g/mol. The smallest absolute Gasteiger partial charge is 0.225 e. The van der Waals surface area contributed by atoms with Crippen LogP contribution in [0, 0.1) is 6.92 Å². The highest BCUT2D eigenvalue weighted by Crippen LogP contribution is 2.21. The lowest BCUT2D eigenvalue weighted by atomic mass is 10.1. The van der Waals surface area contributed by atoms with E-state index in [1.807, 2.05) is 24.3 Å². The van der Waals surface area contributed by atoms with Crippen LogP contribution in [-0.4, -0.2) is 16.5 Å². The van der Waals surface area contributed by atoms with E-state index < -0.39 is 0 Å². The van der Waals surface area contributed by atoms with E-state index in [1.165, 1.54) is 11.1 Å². The quantitative estimate of drug-likeness (QED) is 0.647. The number of nitrogens with zero attached hydrogens (tertiary/aromatic N) is 2. The van der Waals surface area contributed by atoms with Crippen molar-refractivity contribution in [1.82, 2.24) is 9.97 Å². The molecule has 0 radical (unpaired) electrons. The van der Waals surface area contributed by atoms with Crippen LogP contribution < -0.4 is 10.6 Å². The number of nitrogens with one attached hydrogen (secondary N) is 2. The van der Waals surface area contributed by atoms with Gasteiger partial charge in [0, 0.05) is 24.7 Å². The van der Waals surface area contributed by atoms with Gasteiger partial charge in [0.25, 0.3) is 0 Å². The van der Waals surface area contributed by atoms with Crippen LogP contribution in [-0.2, 0) is 6.54 Å². The summed E-state index contributed by atoms with van der Waals surface area (Å²) in [5.74, 6) is 1.49. The molecule has 0 fully saturated rings. The van der Waals surface area contributed by atoms with Crippen molar-refractivity contribution in [2.45, 2.75) is 26.8 Å². The van der Waals surface area contributed by atoms with Crippen LogP contribution in [0.25, 0.3) is 11.3 Å². The lowest BCUT2D eigenvalue weighted by Crippen LogP contribution is -2.08. The van der Waals surface area contributed by atoms with Crippen LogP contribution >= 0.6 is 0 Å². The molecule has 2 aromatic carbocycles. The number of hydrogen-bond donors (Lipinski definition) is 2. The Labute approximate surface area is 149 Å². The summed E-state index contributed by atoms with van der Waals surface area (Å²) in [6.45, 7) is 5.84. The van der Waals surface area contributed by atoms with Crippen LogP contribution in [0.15, 0.2) is 60.7 Å². The molecule has 3 aromatic rings. The van der Waals surface area contributed by atoms with Crippen molar-refractivity contribution in [3.63, 3.8) is 0 Å². The predicted molar refractivity (Wildman–Crippen MR) is 105 cm³/mol. The van der Waals surface area contributed by atoms with E-state index in [1.54, 1.807) is 0 Å². The summed E-state index contributed by atoms with van der Waals surface area (Å²) in [7, 11) is 0. The molecule has 0 aliphatic heterocycles. The first-order chi connectivity index (χ1) is 12.2. The van der Waals surface area contributed by atoms with E-state index in [4.69, 9.17) is 0 Å². The maximum absolute atomic E-state index is 4.69. The standard InChI is InChI=1S/C21H24N4/c1-3-12-22-20-14-19(18-10-5-4-6-11-18)24-21(25-20)23-15-17-9-7-8-16(2)13-17/h4-11,13-14H,3,12,15H2,1-2H3,(H2,22,23,24,25). The van der Waals surface area contributed by atoms with Gasteiger partial charge in [0.05, 0.1) is 5.69 Å². The Morgan fingerprint density at radius 3 is 2.48 bits per heavy atom. The highest BCUT2D eigenvalue weighted by atomic mass is 15.1. The molecule has 0 saturated heterocycles. The molecule has 0 aliphatic rings. The van der Waals surface area contributed by atoms with Gasteiger partial charge in [-0.25, -0.2) is 4.98 Å². The van der Waals surface area contributed by atoms with Crippen LogP contribution in [0.3, 0.4) is 0 Å². The van der Waals surface area contributed by atoms with Crippen LogP contribution in [0.4, 0.5) is 11.8 Å². The third kappa shape index (κ3) is 4.80. The van der Waals surface area contributed by atoms with E-state index in [-0.39, 0.29) is 0 Å². The molecule has 3 rings (SSSR count). The zero-order valence-electron chi connectivity index (χ0n) is 14.8. The van der Waals surface area contributed by atoms with E-state index >= 15 is 0 Å². The number of aromatic nitrogens is 2. The van der Waals surface area contributed by atoms with Gasteiger partial charge in [0.1, 0.15) is 5.82 Å². The largest absolute Gasteiger partial charge is 0.370 e. The summed E-state index contributed by atoms with van der Waals surface area (Å²) in [4.78, 5) is 9.29. The van der Waals surface area contributed by atoms with Gasteiger partial charge in [-0.2, -0.15) is 4.98 Å². The molecule has 0 aliphatic carbocycles. The third-order valence-electron chi connectivity index (χ3n) is 3.88. The average molecular weight is 332 g/mol. The van der Waals surface area contributed by atoms with E-state index in [0.717, 1.165) is 30.0 Å². The van der Waals surface area contributed by atoms with E-state index in [0.29, 0.717) is 12.5 Å². The van der Waals surface area contributed by atoms with Crippen molar-refractivity contribution in [3.8, 4) is 11.3 Å². The van der Waals surface area contributed by atoms with Gasteiger partial charge in [0.15, 0.2) is 0 Å². The zero-order valence-corrected chi connectivity index (χ0v) is 14.8. The van der Waals surface area contributed by atoms with Crippen LogP contribution in [0.2, 0.25) is 0 Å². The number of rotatable bonds is 7. The maximum Gasteiger partial charge on any atom is 0.225 e.